The molecule has 0 heterocycles. The van der Waals surface area contributed by atoms with Crippen molar-refractivity contribution in [3.05, 3.63) is 72.9 Å². The second-order valence-electron chi connectivity index (χ2n) is 17.4. The molecule has 6 nitrogen and oxygen atoms in total. The summed E-state index contributed by atoms with van der Waals surface area (Å²) in [7, 11) is 0. The van der Waals surface area contributed by atoms with Crippen molar-refractivity contribution in [2.75, 3.05) is 13.2 Å². The van der Waals surface area contributed by atoms with Gasteiger partial charge >= 0.3 is 17.9 Å². The summed E-state index contributed by atoms with van der Waals surface area (Å²) in [4.78, 5) is 38.0. The summed E-state index contributed by atoms with van der Waals surface area (Å²) in [5, 5.41) is 0. The molecule has 0 aromatic rings. The van der Waals surface area contributed by atoms with Gasteiger partial charge in [0.15, 0.2) is 6.10 Å². The standard InChI is InChI=1S/C57H98O6/c1-4-7-10-13-16-19-22-24-26-27-28-29-31-32-35-38-41-44-47-50-56(59)62-53-54(52-61-55(58)49-46-43-40-37-34-21-18-15-12-9-6-3)63-57(60)51-48-45-42-39-36-33-30-25-23-20-17-14-11-8-5-2/h8,11,15,17-18,20,24-26,30,36,39,54H,4-7,9-10,12-14,16,19,21-23,27-29,31-35,37-38,40-53H2,1-3H3/b11-8-,18-15-,20-17-,26-24-,30-25-,39-36-. The first-order chi connectivity index (χ1) is 31.0. The molecule has 0 bridgehead atoms. The van der Waals surface area contributed by atoms with Crippen LogP contribution in [-0.2, 0) is 28.6 Å². The first-order valence-electron chi connectivity index (χ1n) is 26.4. The van der Waals surface area contributed by atoms with Crippen LogP contribution < -0.4 is 0 Å². The molecule has 0 rings (SSSR count). The van der Waals surface area contributed by atoms with Crippen LogP contribution in [0.4, 0.5) is 0 Å². The van der Waals surface area contributed by atoms with E-state index in [0.717, 1.165) is 89.9 Å². The summed E-state index contributed by atoms with van der Waals surface area (Å²) in [6.07, 6.45) is 64.6. The molecule has 0 aliphatic carbocycles. The van der Waals surface area contributed by atoms with Crippen molar-refractivity contribution in [2.24, 2.45) is 0 Å². The first kappa shape index (κ1) is 59.9. The maximum absolute atomic E-state index is 12.8. The van der Waals surface area contributed by atoms with Gasteiger partial charge in [0.1, 0.15) is 13.2 Å². The number of ether oxygens (including phenoxy) is 3. The molecule has 0 saturated heterocycles. The van der Waals surface area contributed by atoms with Crippen molar-refractivity contribution in [1.29, 1.82) is 0 Å². The molecule has 0 aliphatic heterocycles. The third kappa shape index (κ3) is 49.7. The average molecular weight is 879 g/mol. The van der Waals surface area contributed by atoms with Gasteiger partial charge in [0.05, 0.1) is 0 Å². The van der Waals surface area contributed by atoms with Crippen LogP contribution in [0.25, 0.3) is 0 Å². The van der Waals surface area contributed by atoms with Gasteiger partial charge in [0.25, 0.3) is 0 Å². The molecule has 0 aromatic carbocycles. The largest absolute Gasteiger partial charge is 0.462 e. The number of unbranched alkanes of at least 4 members (excludes halogenated alkanes) is 24. The Morgan fingerprint density at radius 3 is 1.06 bits per heavy atom. The molecule has 1 unspecified atom stereocenters. The van der Waals surface area contributed by atoms with Crippen molar-refractivity contribution in [3.63, 3.8) is 0 Å². The molecule has 6 heteroatoms. The molecule has 63 heavy (non-hydrogen) atoms. The Hall–Kier alpha value is -3.15. The van der Waals surface area contributed by atoms with Crippen LogP contribution in [0.2, 0.25) is 0 Å². The maximum atomic E-state index is 12.8. The maximum Gasteiger partial charge on any atom is 0.306 e. The van der Waals surface area contributed by atoms with Gasteiger partial charge in [-0.25, -0.2) is 0 Å². The average Bonchev–Trinajstić information content (AvgIpc) is 3.28. The molecule has 0 aliphatic rings. The minimum absolute atomic E-state index is 0.0956. The minimum atomic E-state index is -0.800. The lowest BCUT2D eigenvalue weighted by molar-refractivity contribution is -0.167. The highest BCUT2D eigenvalue weighted by Gasteiger charge is 2.19. The van der Waals surface area contributed by atoms with Crippen LogP contribution in [0.5, 0.6) is 0 Å². The Kier molecular flexibility index (Phi) is 48.9. The summed E-state index contributed by atoms with van der Waals surface area (Å²) in [6, 6.07) is 0. The van der Waals surface area contributed by atoms with Crippen LogP contribution in [0.3, 0.4) is 0 Å². The zero-order valence-corrected chi connectivity index (χ0v) is 41.3. The second kappa shape index (κ2) is 51.5. The molecule has 0 saturated carbocycles. The number of carbonyl (C=O) groups is 3. The summed E-state index contributed by atoms with van der Waals surface area (Å²) < 4.78 is 16.8. The molecule has 0 aromatic heterocycles. The van der Waals surface area contributed by atoms with E-state index in [0.29, 0.717) is 19.3 Å². The SMILES string of the molecule is CC/C=C\C/C=C\C/C=C\C/C=C\CCCCC(=O)OC(COC(=O)CCCCCCC/C=C\CCCC)COC(=O)CCCCCCCCCCC/C=C\CCCCCCCC. The number of carbonyl (C=O) groups excluding carboxylic acids is 3. The van der Waals surface area contributed by atoms with Crippen molar-refractivity contribution in [2.45, 2.75) is 258 Å². The quantitative estimate of drug-likeness (QED) is 0.0262. The highest BCUT2D eigenvalue weighted by molar-refractivity contribution is 5.71. The second-order valence-corrected chi connectivity index (χ2v) is 17.4. The highest BCUT2D eigenvalue weighted by Crippen LogP contribution is 2.14. The Balaban J connectivity index is 4.39. The fourth-order valence-corrected chi connectivity index (χ4v) is 7.17. The van der Waals surface area contributed by atoms with E-state index >= 15 is 0 Å². The summed E-state index contributed by atoms with van der Waals surface area (Å²) in [5.74, 6) is -0.948. The van der Waals surface area contributed by atoms with Gasteiger partial charge in [-0.2, -0.15) is 0 Å². The van der Waals surface area contributed by atoms with Crippen LogP contribution in [0.1, 0.15) is 252 Å². The number of esters is 3. The predicted molar refractivity (Wildman–Crippen MR) is 270 cm³/mol. The number of rotatable bonds is 47. The van der Waals surface area contributed by atoms with Crippen molar-refractivity contribution in [3.8, 4) is 0 Å². The highest BCUT2D eigenvalue weighted by atomic mass is 16.6. The lowest BCUT2D eigenvalue weighted by Crippen LogP contribution is -2.30. The third-order valence-electron chi connectivity index (χ3n) is 11.2. The molecule has 0 amide bonds. The van der Waals surface area contributed by atoms with Gasteiger partial charge in [0.2, 0.25) is 0 Å². The van der Waals surface area contributed by atoms with Crippen molar-refractivity contribution < 1.29 is 28.6 Å². The lowest BCUT2D eigenvalue weighted by atomic mass is 10.1. The van der Waals surface area contributed by atoms with E-state index in [2.05, 4.69) is 93.7 Å². The monoisotopic (exact) mass is 879 g/mol. The Bertz CT molecular complexity index is 1190. The van der Waals surface area contributed by atoms with Crippen LogP contribution in [0, 0.1) is 0 Å². The molecule has 0 fully saturated rings. The number of hydrogen-bond donors (Lipinski definition) is 0. The van der Waals surface area contributed by atoms with E-state index in [1.807, 2.05) is 0 Å². The molecule has 0 radical (unpaired) electrons. The molecule has 362 valence electrons. The smallest absolute Gasteiger partial charge is 0.306 e. The first-order valence-corrected chi connectivity index (χ1v) is 26.4. The van der Waals surface area contributed by atoms with E-state index in [9.17, 15) is 14.4 Å². The Labute approximate surface area is 389 Å². The molecule has 0 spiro atoms. The third-order valence-corrected chi connectivity index (χ3v) is 11.2. The van der Waals surface area contributed by atoms with Gasteiger partial charge in [-0.1, -0.05) is 203 Å². The number of hydrogen-bond acceptors (Lipinski definition) is 6. The van der Waals surface area contributed by atoms with Crippen LogP contribution in [-0.4, -0.2) is 37.2 Å². The van der Waals surface area contributed by atoms with Gasteiger partial charge < -0.3 is 14.2 Å². The zero-order valence-electron chi connectivity index (χ0n) is 41.3. The normalized spacial score (nSPS) is 12.6. The van der Waals surface area contributed by atoms with Gasteiger partial charge in [0, 0.05) is 19.3 Å². The van der Waals surface area contributed by atoms with Crippen molar-refractivity contribution >= 4 is 17.9 Å². The molecule has 1 atom stereocenters. The van der Waals surface area contributed by atoms with E-state index in [1.165, 1.54) is 116 Å². The summed E-state index contributed by atoms with van der Waals surface area (Å²) >= 11 is 0. The Morgan fingerprint density at radius 1 is 0.333 bits per heavy atom. The summed E-state index contributed by atoms with van der Waals surface area (Å²) in [6.45, 7) is 6.44. The van der Waals surface area contributed by atoms with E-state index in [4.69, 9.17) is 14.2 Å². The summed E-state index contributed by atoms with van der Waals surface area (Å²) in [5.41, 5.74) is 0. The van der Waals surface area contributed by atoms with Gasteiger partial charge in [-0.15, -0.1) is 0 Å². The zero-order chi connectivity index (χ0) is 45.8. The molecular weight excluding hydrogens is 781 g/mol. The fourth-order valence-electron chi connectivity index (χ4n) is 7.17. The Morgan fingerprint density at radius 2 is 0.635 bits per heavy atom. The van der Waals surface area contributed by atoms with Crippen molar-refractivity contribution in [1.82, 2.24) is 0 Å². The topological polar surface area (TPSA) is 78.9 Å². The van der Waals surface area contributed by atoms with E-state index in [1.54, 1.807) is 0 Å². The van der Waals surface area contributed by atoms with E-state index < -0.39 is 6.10 Å². The molecular formula is C57H98O6. The van der Waals surface area contributed by atoms with Gasteiger partial charge in [-0.05, 0) is 103 Å². The lowest BCUT2D eigenvalue weighted by Gasteiger charge is -2.18. The molecule has 0 N–H and O–H groups in total. The van der Waals surface area contributed by atoms with Gasteiger partial charge in [-0.3, -0.25) is 14.4 Å². The van der Waals surface area contributed by atoms with E-state index in [-0.39, 0.29) is 37.5 Å². The van der Waals surface area contributed by atoms with Crippen LogP contribution in [0.15, 0.2) is 72.9 Å². The minimum Gasteiger partial charge on any atom is -0.462 e. The fraction of sp³-hybridized carbons (Fsp3) is 0.737. The number of allylic oxidation sites excluding steroid dienone is 12. The van der Waals surface area contributed by atoms with Crippen LogP contribution >= 0.6 is 0 Å². The predicted octanol–water partition coefficient (Wildman–Crippen LogP) is 17.4.